The number of benzene rings is 1. The number of thioether (sulfide) groups is 1. The largest absolute Gasteiger partial charge is 0.360 e. The molecule has 0 amide bonds. The van der Waals surface area contributed by atoms with Crippen molar-refractivity contribution in [1.29, 1.82) is 0 Å². The Morgan fingerprint density at radius 3 is 2.45 bits per heavy atom. The van der Waals surface area contributed by atoms with Gasteiger partial charge in [0.25, 0.3) is 0 Å². The molecule has 2 rings (SSSR count). The number of Topliss-reactive ketones (excluding diaryl/α,β-unsaturated/α-hetero) is 1. The van der Waals surface area contributed by atoms with E-state index in [0.29, 0.717) is 5.56 Å². The summed E-state index contributed by atoms with van der Waals surface area (Å²) in [5.41, 5.74) is 2.31. The fourth-order valence-corrected chi connectivity index (χ4v) is 2.93. The van der Waals surface area contributed by atoms with Gasteiger partial charge in [-0.1, -0.05) is 16.9 Å². The van der Waals surface area contributed by atoms with E-state index in [-0.39, 0.29) is 16.7 Å². The summed E-state index contributed by atoms with van der Waals surface area (Å²) in [6.07, 6.45) is 0. The number of carbonyl (C=O) groups excluding carboxylic acids is 2. The molecular formula is C15H16N2O3S2. The number of nitrogens with zero attached hydrogens (tertiary/aromatic N) is 1. The second-order valence-electron chi connectivity index (χ2n) is 4.64. The predicted molar refractivity (Wildman–Crippen MR) is 89.4 cm³/mol. The van der Waals surface area contributed by atoms with Gasteiger partial charge in [-0.25, -0.2) is 0 Å². The number of hydrogen-bond acceptors (Lipinski definition) is 7. The van der Waals surface area contributed by atoms with Crippen LogP contribution in [0.1, 0.15) is 28.7 Å². The molecule has 0 aliphatic carbocycles. The number of carbonyl (C=O) groups is 2. The number of anilines is 1. The van der Waals surface area contributed by atoms with E-state index >= 15 is 0 Å². The van der Waals surface area contributed by atoms with Crippen LogP contribution < -0.4 is 4.72 Å². The van der Waals surface area contributed by atoms with Gasteiger partial charge in [0, 0.05) is 18.2 Å². The molecule has 0 atom stereocenters. The lowest BCUT2D eigenvalue weighted by Crippen LogP contribution is -2.03. The zero-order valence-corrected chi connectivity index (χ0v) is 14.1. The molecule has 0 aliphatic rings. The van der Waals surface area contributed by atoms with Gasteiger partial charge in [-0.05, 0) is 50.1 Å². The smallest absolute Gasteiger partial charge is 0.186 e. The van der Waals surface area contributed by atoms with Crippen LogP contribution in [0.25, 0.3) is 0 Å². The number of aromatic nitrogens is 1. The van der Waals surface area contributed by atoms with Crippen molar-refractivity contribution >= 4 is 40.3 Å². The maximum Gasteiger partial charge on any atom is 0.186 e. The molecule has 0 unspecified atom stereocenters. The fourth-order valence-electron chi connectivity index (χ4n) is 1.70. The highest BCUT2D eigenvalue weighted by Gasteiger charge is 2.10. The van der Waals surface area contributed by atoms with Crippen molar-refractivity contribution < 1.29 is 14.1 Å². The number of ketones is 1. The van der Waals surface area contributed by atoms with E-state index in [0.717, 1.165) is 33.8 Å². The molecule has 1 aromatic carbocycles. The molecule has 0 radical (unpaired) electrons. The van der Waals surface area contributed by atoms with Crippen molar-refractivity contribution in [1.82, 2.24) is 5.16 Å². The Morgan fingerprint density at radius 2 is 1.91 bits per heavy atom. The quantitative estimate of drug-likeness (QED) is 0.634. The third-order valence-electron chi connectivity index (χ3n) is 2.85. The Morgan fingerprint density at radius 1 is 1.23 bits per heavy atom. The van der Waals surface area contributed by atoms with Crippen LogP contribution in [0.3, 0.4) is 0 Å². The van der Waals surface area contributed by atoms with Crippen molar-refractivity contribution in [2.24, 2.45) is 0 Å². The van der Waals surface area contributed by atoms with Gasteiger partial charge in [0.1, 0.15) is 5.76 Å². The van der Waals surface area contributed by atoms with E-state index in [1.807, 2.05) is 26.0 Å². The van der Waals surface area contributed by atoms with Gasteiger partial charge in [-0.2, -0.15) is 0 Å². The highest BCUT2D eigenvalue weighted by Crippen LogP contribution is 2.27. The van der Waals surface area contributed by atoms with Gasteiger partial charge in [0.05, 0.1) is 16.3 Å². The molecule has 1 N–H and O–H groups in total. The van der Waals surface area contributed by atoms with Crippen LogP contribution in [0.15, 0.2) is 33.7 Å². The zero-order chi connectivity index (χ0) is 16.1. The van der Waals surface area contributed by atoms with Gasteiger partial charge in [0.15, 0.2) is 10.9 Å². The van der Waals surface area contributed by atoms with Gasteiger partial charge in [0.2, 0.25) is 0 Å². The molecule has 22 heavy (non-hydrogen) atoms. The highest BCUT2D eigenvalue weighted by molar-refractivity contribution is 8.14. The summed E-state index contributed by atoms with van der Waals surface area (Å²) in [6.45, 7) is 5.20. The molecule has 7 heteroatoms. The molecule has 0 fully saturated rings. The monoisotopic (exact) mass is 336 g/mol. The van der Waals surface area contributed by atoms with Gasteiger partial charge in [-0.3, -0.25) is 9.59 Å². The molecule has 0 bridgehead atoms. The third-order valence-corrected chi connectivity index (χ3v) is 4.79. The average Bonchev–Trinajstić information content (AvgIpc) is 2.82. The van der Waals surface area contributed by atoms with Crippen LogP contribution in [0.4, 0.5) is 5.69 Å². The molecular weight excluding hydrogens is 320 g/mol. The summed E-state index contributed by atoms with van der Waals surface area (Å²) >= 11 is 2.45. The minimum absolute atomic E-state index is 0.0508. The van der Waals surface area contributed by atoms with Gasteiger partial charge < -0.3 is 9.25 Å². The molecule has 5 nitrogen and oxygen atoms in total. The van der Waals surface area contributed by atoms with Crippen molar-refractivity contribution in [2.45, 2.75) is 25.7 Å². The lowest BCUT2D eigenvalue weighted by atomic mass is 10.1. The molecule has 2 aromatic rings. The lowest BCUT2D eigenvalue weighted by Gasteiger charge is -2.06. The first-order valence-corrected chi connectivity index (χ1v) is 8.40. The van der Waals surface area contributed by atoms with E-state index in [1.165, 1.54) is 18.9 Å². The molecule has 0 aliphatic heterocycles. The summed E-state index contributed by atoms with van der Waals surface area (Å²) in [6, 6.07) is 7.16. The van der Waals surface area contributed by atoms with Gasteiger partial charge in [-0.15, -0.1) is 0 Å². The standard InChI is InChI=1S/C15H16N2O3S2/c1-9-15(10(2)20-16-9)22-17-13-6-4-12(5-7-13)14(19)8-21-11(3)18/h4-7,17H,8H2,1-3H3. The van der Waals surface area contributed by atoms with Crippen molar-refractivity contribution in [3.05, 3.63) is 41.3 Å². The first kappa shape index (κ1) is 16.6. The number of aryl methyl sites for hydroxylation is 2. The predicted octanol–water partition coefficient (Wildman–Crippen LogP) is 3.87. The summed E-state index contributed by atoms with van der Waals surface area (Å²) in [5.74, 6) is 0.892. The average molecular weight is 336 g/mol. The maximum absolute atomic E-state index is 11.9. The number of hydrogen-bond donors (Lipinski definition) is 1. The van der Waals surface area contributed by atoms with Crippen molar-refractivity contribution in [3.8, 4) is 0 Å². The lowest BCUT2D eigenvalue weighted by molar-refractivity contribution is -0.109. The van der Waals surface area contributed by atoms with E-state index < -0.39 is 0 Å². The Kier molecular flexibility index (Phi) is 5.68. The maximum atomic E-state index is 11.9. The van der Waals surface area contributed by atoms with E-state index in [4.69, 9.17) is 4.52 Å². The van der Waals surface area contributed by atoms with E-state index in [9.17, 15) is 9.59 Å². The van der Waals surface area contributed by atoms with Crippen LogP contribution in [0.2, 0.25) is 0 Å². The van der Waals surface area contributed by atoms with Gasteiger partial charge >= 0.3 is 0 Å². The molecule has 116 valence electrons. The summed E-state index contributed by atoms with van der Waals surface area (Å²) < 4.78 is 8.29. The molecule has 1 aromatic heterocycles. The van der Waals surface area contributed by atoms with Crippen LogP contribution >= 0.6 is 23.7 Å². The molecule has 1 heterocycles. The SMILES string of the molecule is CC(=O)SCC(=O)c1ccc(NSc2c(C)noc2C)cc1. The third kappa shape index (κ3) is 4.38. The molecule has 0 saturated heterocycles. The summed E-state index contributed by atoms with van der Waals surface area (Å²) in [7, 11) is 0. The van der Waals surface area contributed by atoms with Crippen molar-refractivity contribution in [3.63, 3.8) is 0 Å². The number of nitrogens with one attached hydrogen (secondary N) is 1. The second kappa shape index (κ2) is 7.51. The minimum Gasteiger partial charge on any atom is -0.360 e. The molecule has 0 spiro atoms. The Hall–Kier alpha value is -1.73. The van der Waals surface area contributed by atoms with Crippen LogP contribution in [0.5, 0.6) is 0 Å². The van der Waals surface area contributed by atoms with Crippen LogP contribution in [-0.2, 0) is 4.79 Å². The number of rotatable bonds is 6. The second-order valence-corrected chi connectivity index (χ2v) is 6.61. The van der Waals surface area contributed by atoms with Crippen molar-refractivity contribution in [2.75, 3.05) is 10.5 Å². The first-order chi connectivity index (χ1) is 10.5. The molecule has 0 saturated carbocycles. The van der Waals surface area contributed by atoms with Crippen LogP contribution in [-0.4, -0.2) is 21.8 Å². The first-order valence-electron chi connectivity index (χ1n) is 6.59. The summed E-state index contributed by atoms with van der Waals surface area (Å²) in [4.78, 5) is 23.7. The Bertz CT molecular complexity index is 661. The van der Waals surface area contributed by atoms with E-state index in [1.54, 1.807) is 12.1 Å². The highest BCUT2D eigenvalue weighted by atomic mass is 32.2. The minimum atomic E-state index is -0.0532. The zero-order valence-electron chi connectivity index (χ0n) is 12.5. The van der Waals surface area contributed by atoms with E-state index in [2.05, 4.69) is 9.88 Å². The van der Waals surface area contributed by atoms with Crippen LogP contribution in [0, 0.1) is 13.8 Å². The normalized spacial score (nSPS) is 10.5. The summed E-state index contributed by atoms with van der Waals surface area (Å²) in [5, 5.41) is 3.84. The fraction of sp³-hybridized carbons (Fsp3) is 0.267. The Labute approximate surface area is 137 Å². The Balaban J connectivity index is 1.94. The topological polar surface area (TPSA) is 72.2 Å².